The summed E-state index contributed by atoms with van der Waals surface area (Å²) in [6.45, 7) is 6.19. The third-order valence-corrected chi connectivity index (χ3v) is 4.61. The maximum atomic E-state index is 13.0. The Hall–Kier alpha value is -1.31. The summed E-state index contributed by atoms with van der Waals surface area (Å²) in [5.41, 5.74) is 2.84. The van der Waals surface area contributed by atoms with Gasteiger partial charge < -0.3 is 4.74 Å². The number of carbonyl (C=O) groups excluding carboxylic acids is 1. The summed E-state index contributed by atoms with van der Waals surface area (Å²) in [5.74, 6) is 1.03. The van der Waals surface area contributed by atoms with Crippen molar-refractivity contribution in [1.82, 2.24) is 0 Å². The Kier molecular flexibility index (Phi) is 3.98. The molecule has 2 rings (SSSR count). The van der Waals surface area contributed by atoms with Gasteiger partial charge in [0.15, 0.2) is 5.78 Å². The van der Waals surface area contributed by atoms with Crippen LogP contribution in [0.1, 0.15) is 60.5 Å². The maximum absolute atomic E-state index is 13.0. The zero-order chi connectivity index (χ0) is 14.0. The van der Waals surface area contributed by atoms with Crippen LogP contribution < -0.4 is 4.74 Å². The minimum Gasteiger partial charge on any atom is -0.496 e. The van der Waals surface area contributed by atoms with Crippen LogP contribution in [0.15, 0.2) is 12.1 Å². The van der Waals surface area contributed by atoms with Gasteiger partial charge in [-0.25, -0.2) is 0 Å². The summed E-state index contributed by atoms with van der Waals surface area (Å²) in [5, 5.41) is 0. The number of aryl methyl sites for hydroxylation is 2. The number of rotatable bonds is 4. The average molecular weight is 260 g/mol. The Morgan fingerprint density at radius 2 is 1.89 bits per heavy atom. The van der Waals surface area contributed by atoms with Gasteiger partial charge in [0.2, 0.25) is 0 Å². The Bertz CT molecular complexity index is 482. The van der Waals surface area contributed by atoms with Gasteiger partial charge in [0, 0.05) is 5.41 Å². The van der Waals surface area contributed by atoms with Crippen molar-refractivity contribution in [3.63, 3.8) is 0 Å². The van der Waals surface area contributed by atoms with Crippen LogP contribution in [-0.4, -0.2) is 12.9 Å². The van der Waals surface area contributed by atoms with Gasteiger partial charge in [-0.05, 0) is 50.3 Å². The predicted octanol–water partition coefficient (Wildman–Crippen LogP) is 4.47. The Morgan fingerprint density at radius 1 is 1.26 bits per heavy atom. The molecular formula is C17H24O2. The quantitative estimate of drug-likeness (QED) is 0.747. The van der Waals surface area contributed by atoms with Crippen LogP contribution in [0.25, 0.3) is 0 Å². The molecule has 1 saturated carbocycles. The van der Waals surface area contributed by atoms with Crippen molar-refractivity contribution in [3.8, 4) is 5.75 Å². The van der Waals surface area contributed by atoms with Gasteiger partial charge >= 0.3 is 0 Å². The van der Waals surface area contributed by atoms with E-state index in [2.05, 4.69) is 13.0 Å². The lowest BCUT2D eigenvalue weighted by molar-refractivity contribution is 0.0787. The lowest BCUT2D eigenvalue weighted by atomic mass is 9.75. The first-order valence-corrected chi connectivity index (χ1v) is 7.24. The highest BCUT2D eigenvalue weighted by atomic mass is 16.5. The van der Waals surface area contributed by atoms with Gasteiger partial charge in [0.05, 0.1) is 12.7 Å². The number of carbonyl (C=O) groups is 1. The number of ether oxygens (including phenoxy) is 1. The minimum atomic E-state index is -0.146. The summed E-state index contributed by atoms with van der Waals surface area (Å²) in [4.78, 5) is 13.0. The zero-order valence-corrected chi connectivity index (χ0v) is 12.5. The predicted molar refractivity (Wildman–Crippen MR) is 78.0 cm³/mol. The molecule has 0 heterocycles. The van der Waals surface area contributed by atoms with Crippen molar-refractivity contribution in [2.75, 3.05) is 7.11 Å². The molecular weight excluding hydrogens is 236 g/mol. The van der Waals surface area contributed by atoms with Crippen molar-refractivity contribution in [2.45, 2.75) is 52.9 Å². The molecule has 0 saturated heterocycles. The first kappa shape index (κ1) is 14.1. The first-order valence-electron chi connectivity index (χ1n) is 7.24. The van der Waals surface area contributed by atoms with Gasteiger partial charge in [-0.3, -0.25) is 4.79 Å². The van der Waals surface area contributed by atoms with E-state index in [-0.39, 0.29) is 5.41 Å². The number of benzene rings is 1. The molecule has 1 fully saturated rings. The van der Waals surface area contributed by atoms with Crippen molar-refractivity contribution in [2.24, 2.45) is 5.41 Å². The Morgan fingerprint density at radius 3 is 2.42 bits per heavy atom. The molecule has 1 aliphatic carbocycles. The van der Waals surface area contributed by atoms with Crippen molar-refractivity contribution >= 4 is 5.78 Å². The second kappa shape index (κ2) is 5.36. The number of ketones is 1. The maximum Gasteiger partial charge on any atom is 0.172 e. The molecule has 0 amide bonds. The minimum absolute atomic E-state index is 0.146. The van der Waals surface area contributed by atoms with E-state index in [1.54, 1.807) is 7.11 Å². The molecule has 1 aromatic carbocycles. The zero-order valence-electron chi connectivity index (χ0n) is 12.5. The molecule has 19 heavy (non-hydrogen) atoms. The molecule has 0 atom stereocenters. The van der Waals surface area contributed by atoms with E-state index in [4.69, 9.17) is 4.74 Å². The van der Waals surface area contributed by atoms with E-state index < -0.39 is 0 Å². The molecule has 0 radical (unpaired) electrons. The van der Waals surface area contributed by atoms with E-state index in [1.165, 1.54) is 12.8 Å². The normalized spacial score (nSPS) is 17.5. The standard InChI is InChI=1S/C17H24O2/c1-5-17(8-6-7-9-17)16(18)15-13(3)10-12(2)11-14(15)19-4/h10-11H,5-9H2,1-4H3. The summed E-state index contributed by atoms with van der Waals surface area (Å²) in [6.07, 6.45) is 5.33. The smallest absolute Gasteiger partial charge is 0.172 e. The Balaban J connectivity index is 2.49. The van der Waals surface area contributed by atoms with Gasteiger partial charge in [0.1, 0.15) is 5.75 Å². The summed E-state index contributed by atoms with van der Waals surface area (Å²) >= 11 is 0. The van der Waals surface area contributed by atoms with Gasteiger partial charge in [-0.1, -0.05) is 25.8 Å². The SMILES string of the molecule is CCC1(C(=O)c2c(C)cc(C)cc2OC)CCCC1. The summed E-state index contributed by atoms with van der Waals surface area (Å²) < 4.78 is 5.46. The van der Waals surface area contributed by atoms with Crippen molar-refractivity contribution < 1.29 is 9.53 Å². The largest absolute Gasteiger partial charge is 0.496 e. The van der Waals surface area contributed by atoms with Crippen LogP contribution in [0.2, 0.25) is 0 Å². The second-order valence-corrected chi connectivity index (χ2v) is 5.83. The van der Waals surface area contributed by atoms with E-state index in [0.29, 0.717) is 5.78 Å². The topological polar surface area (TPSA) is 26.3 Å². The number of methoxy groups -OCH3 is 1. The monoisotopic (exact) mass is 260 g/mol. The number of hydrogen-bond acceptors (Lipinski definition) is 2. The molecule has 0 aromatic heterocycles. The second-order valence-electron chi connectivity index (χ2n) is 5.83. The van der Waals surface area contributed by atoms with Crippen molar-refractivity contribution in [1.29, 1.82) is 0 Å². The van der Waals surface area contributed by atoms with Gasteiger partial charge in [0.25, 0.3) is 0 Å². The average Bonchev–Trinajstić information content (AvgIpc) is 2.87. The highest BCUT2D eigenvalue weighted by molar-refractivity contribution is 6.04. The van der Waals surface area contributed by atoms with E-state index in [0.717, 1.165) is 41.7 Å². The lowest BCUT2D eigenvalue weighted by Gasteiger charge is -2.27. The molecule has 0 unspecified atom stereocenters. The fraction of sp³-hybridized carbons (Fsp3) is 0.588. The van der Waals surface area contributed by atoms with E-state index in [9.17, 15) is 4.79 Å². The Labute approximate surface area is 116 Å². The molecule has 2 heteroatoms. The van der Waals surface area contributed by atoms with Crippen LogP contribution in [0.5, 0.6) is 5.75 Å². The fourth-order valence-electron chi connectivity index (χ4n) is 3.44. The fourth-order valence-corrected chi connectivity index (χ4v) is 3.44. The highest BCUT2D eigenvalue weighted by Gasteiger charge is 2.41. The third kappa shape index (κ3) is 2.41. The van der Waals surface area contributed by atoms with Crippen molar-refractivity contribution in [3.05, 3.63) is 28.8 Å². The summed E-state index contributed by atoms with van der Waals surface area (Å²) in [7, 11) is 1.65. The molecule has 1 aromatic rings. The van der Waals surface area contributed by atoms with Crippen LogP contribution in [0, 0.1) is 19.3 Å². The first-order chi connectivity index (χ1) is 9.04. The third-order valence-electron chi connectivity index (χ3n) is 4.61. The number of Topliss-reactive ketones (excluding diaryl/α,β-unsaturated/α-hetero) is 1. The molecule has 0 bridgehead atoms. The highest BCUT2D eigenvalue weighted by Crippen LogP contribution is 2.45. The molecule has 0 aliphatic heterocycles. The van der Waals surface area contributed by atoms with Crippen LogP contribution >= 0.6 is 0 Å². The molecule has 1 aliphatic rings. The molecule has 2 nitrogen and oxygen atoms in total. The molecule has 0 N–H and O–H groups in total. The van der Waals surface area contributed by atoms with Crippen LogP contribution in [0.4, 0.5) is 0 Å². The lowest BCUT2D eigenvalue weighted by Crippen LogP contribution is -2.28. The van der Waals surface area contributed by atoms with Crippen LogP contribution in [0.3, 0.4) is 0 Å². The summed E-state index contributed by atoms with van der Waals surface area (Å²) in [6, 6.07) is 4.05. The number of hydrogen-bond donors (Lipinski definition) is 0. The van der Waals surface area contributed by atoms with Gasteiger partial charge in [-0.2, -0.15) is 0 Å². The van der Waals surface area contributed by atoms with E-state index in [1.807, 2.05) is 19.9 Å². The van der Waals surface area contributed by atoms with E-state index >= 15 is 0 Å². The van der Waals surface area contributed by atoms with Crippen LogP contribution in [-0.2, 0) is 0 Å². The van der Waals surface area contributed by atoms with Gasteiger partial charge in [-0.15, -0.1) is 0 Å². The molecule has 0 spiro atoms. The molecule has 104 valence electrons.